The van der Waals surface area contributed by atoms with Gasteiger partial charge in [0.05, 0.1) is 7.11 Å². The van der Waals surface area contributed by atoms with Gasteiger partial charge in [0, 0.05) is 17.0 Å². The molecule has 128 valence electrons. The van der Waals surface area contributed by atoms with E-state index < -0.39 is 11.6 Å². The zero-order chi connectivity index (χ0) is 18.7. The molecule has 0 aliphatic rings. The second-order valence-corrected chi connectivity index (χ2v) is 5.71. The zero-order valence-corrected chi connectivity index (χ0v) is 14.3. The molecule has 0 fully saturated rings. The van der Waals surface area contributed by atoms with Crippen LogP contribution in [0.15, 0.2) is 63.3 Å². The number of hydrogen-bond acceptors (Lipinski definition) is 5. The fourth-order valence-corrected chi connectivity index (χ4v) is 2.78. The van der Waals surface area contributed by atoms with E-state index in [0.29, 0.717) is 11.1 Å². The fourth-order valence-electron chi connectivity index (χ4n) is 2.78. The quantitative estimate of drug-likeness (QED) is 0.312. The highest BCUT2D eigenvalue weighted by molar-refractivity contribution is 5.99. The van der Waals surface area contributed by atoms with E-state index in [0.717, 1.165) is 22.1 Å². The third-order valence-corrected chi connectivity index (χ3v) is 4.04. The highest BCUT2D eigenvalue weighted by Gasteiger charge is 2.12. The van der Waals surface area contributed by atoms with Gasteiger partial charge in [-0.3, -0.25) is 0 Å². The summed E-state index contributed by atoms with van der Waals surface area (Å²) in [6.45, 7) is 1.97. The Bertz CT molecular complexity index is 1130. The van der Waals surface area contributed by atoms with Gasteiger partial charge in [0.15, 0.2) is 0 Å². The molecule has 3 aromatic rings. The standard InChI is InChI=1S/C21H15NO4/c1-13-5-3-4-6-16(13)18-11-20(23)26-19-10-14(7-8-17(18)19)9-15(12-22)21(24)25-2/h3-11H,1-2H3. The van der Waals surface area contributed by atoms with Gasteiger partial charge in [0.1, 0.15) is 17.2 Å². The molecule has 0 atom stereocenters. The molecule has 1 heterocycles. The molecule has 3 rings (SSSR count). The van der Waals surface area contributed by atoms with Crippen LogP contribution < -0.4 is 5.63 Å². The van der Waals surface area contributed by atoms with Gasteiger partial charge in [-0.05, 0) is 35.8 Å². The van der Waals surface area contributed by atoms with Crippen molar-refractivity contribution in [2.45, 2.75) is 6.92 Å². The van der Waals surface area contributed by atoms with Crippen LogP contribution >= 0.6 is 0 Å². The maximum Gasteiger partial charge on any atom is 0.348 e. The Balaban J connectivity index is 2.20. The summed E-state index contributed by atoms with van der Waals surface area (Å²) in [7, 11) is 1.21. The molecule has 0 bridgehead atoms. The number of benzene rings is 2. The SMILES string of the molecule is COC(=O)C(C#N)=Cc1ccc2c(-c3ccccc3C)cc(=O)oc2c1. The fraction of sp³-hybridized carbons (Fsp3) is 0.0952. The van der Waals surface area contributed by atoms with Crippen molar-refractivity contribution < 1.29 is 13.9 Å². The molecule has 0 N–H and O–H groups in total. The second-order valence-electron chi connectivity index (χ2n) is 5.71. The van der Waals surface area contributed by atoms with Crippen LogP contribution in [-0.4, -0.2) is 13.1 Å². The average molecular weight is 345 g/mol. The van der Waals surface area contributed by atoms with E-state index in [9.17, 15) is 9.59 Å². The van der Waals surface area contributed by atoms with Crippen LogP contribution in [0, 0.1) is 18.3 Å². The predicted octanol–water partition coefficient (Wildman–Crippen LogP) is 3.85. The van der Waals surface area contributed by atoms with E-state index in [1.807, 2.05) is 31.2 Å². The lowest BCUT2D eigenvalue weighted by Gasteiger charge is -2.09. The summed E-state index contributed by atoms with van der Waals surface area (Å²) in [5.74, 6) is -0.720. The first-order chi connectivity index (χ1) is 12.5. The van der Waals surface area contributed by atoms with Crippen molar-refractivity contribution >= 4 is 23.0 Å². The van der Waals surface area contributed by atoms with E-state index in [1.165, 1.54) is 19.3 Å². The summed E-state index contributed by atoms with van der Waals surface area (Å²) < 4.78 is 9.89. The number of methoxy groups -OCH3 is 1. The van der Waals surface area contributed by atoms with E-state index in [4.69, 9.17) is 9.68 Å². The molecule has 2 aromatic carbocycles. The number of aryl methyl sites for hydroxylation is 1. The molecule has 0 amide bonds. The van der Waals surface area contributed by atoms with Crippen LogP contribution in [0.2, 0.25) is 0 Å². The number of hydrogen-bond donors (Lipinski definition) is 0. The normalized spacial score (nSPS) is 11.2. The van der Waals surface area contributed by atoms with Crippen molar-refractivity contribution in [3.63, 3.8) is 0 Å². The molecule has 0 aliphatic carbocycles. The number of carbonyl (C=O) groups excluding carboxylic acids is 1. The third-order valence-electron chi connectivity index (χ3n) is 4.04. The van der Waals surface area contributed by atoms with Crippen LogP contribution in [0.5, 0.6) is 0 Å². The van der Waals surface area contributed by atoms with E-state index >= 15 is 0 Å². The molecular weight excluding hydrogens is 330 g/mol. The number of esters is 1. The van der Waals surface area contributed by atoms with Gasteiger partial charge < -0.3 is 9.15 Å². The lowest BCUT2D eigenvalue weighted by molar-refractivity contribution is -0.135. The van der Waals surface area contributed by atoms with Gasteiger partial charge in [-0.15, -0.1) is 0 Å². The van der Waals surface area contributed by atoms with E-state index in [2.05, 4.69) is 4.74 Å². The monoisotopic (exact) mass is 345 g/mol. The van der Waals surface area contributed by atoms with Gasteiger partial charge in [-0.2, -0.15) is 5.26 Å². The molecule has 26 heavy (non-hydrogen) atoms. The predicted molar refractivity (Wildman–Crippen MR) is 98.3 cm³/mol. The smallest absolute Gasteiger partial charge is 0.348 e. The Kier molecular flexibility index (Phi) is 4.68. The van der Waals surface area contributed by atoms with E-state index in [-0.39, 0.29) is 5.57 Å². The van der Waals surface area contributed by atoms with Gasteiger partial charge in [-0.25, -0.2) is 9.59 Å². The molecular formula is C21H15NO4. The molecule has 0 unspecified atom stereocenters. The first kappa shape index (κ1) is 17.2. The largest absolute Gasteiger partial charge is 0.465 e. The van der Waals surface area contributed by atoms with Crippen LogP contribution in [0.1, 0.15) is 11.1 Å². The molecule has 0 radical (unpaired) electrons. The van der Waals surface area contributed by atoms with Crippen LogP contribution in [-0.2, 0) is 9.53 Å². The van der Waals surface area contributed by atoms with Crippen molar-refractivity contribution in [2.24, 2.45) is 0 Å². The summed E-state index contributed by atoms with van der Waals surface area (Å²) in [5, 5.41) is 9.85. The van der Waals surface area contributed by atoms with E-state index in [1.54, 1.807) is 24.3 Å². The topological polar surface area (TPSA) is 80.3 Å². The second kappa shape index (κ2) is 7.08. The van der Waals surface area contributed by atoms with Crippen LogP contribution in [0.25, 0.3) is 28.2 Å². The third kappa shape index (κ3) is 3.26. The Morgan fingerprint density at radius 3 is 2.62 bits per heavy atom. The van der Waals surface area contributed by atoms with Gasteiger partial charge in [0.2, 0.25) is 0 Å². The Morgan fingerprint density at radius 1 is 1.15 bits per heavy atom. The molecule has 0 aliphatic heterocycles. The maximum atomic E-state index is 12.0. The number of nitriles is 1. The Hall–Kier alpha value is -3.65. The minimum Gasteiger partial charge on any atom is -0.465 e. The summed E-state index contributed by atoms with van der Waals surface area (Å²) in [4.78, 5) is 23.6. The van der Waals surface area contributed by atoms with Crippen LogP contribution in [0.4, 0.5) is 0 Å². The Morgan fingerprint density at radius 2 is 1.92 bits per heavy atom. The molecule has 0 saturated carbocycles. The maximum absolute atomic E-state index is 12.0. The summed E-state index contributed by atoms with van der Waals surface area (Å²) >= 11 is 0. The van der Waals surface area contributed by atoms with Gasteiger partial charge >= 0.3 is 11.6 Å². The summed E-state index contributed by atoms with van der Waals surface area (Å²) in [6.07, 6.45) is 1.39. The first-order valence-electron chi connectivity index (χ1n) is 7.87. The minimum atomic E-state index is -0.720. The number of nitrogens with zero attached hydrogens (tertiary/aromatic N) is 1. The van der Waals surface area contributed by atoms with Gasteiger partial charge in [0.25, 0.3) is 0 Å². The van der Waals surface area contributed by atoms with Crippen LogP contribution in [0.3, 0.4) is 0 Å². The van der Waals surface area contributed by atoms with Gasteiger partial charge in [-0.1, -0.05) is 36.4 Å². The summed E-state index contributed by atoms with van der Waals surface area (Å²) in [6, 6.07) is 16.2. The van der Waals surface area contributed by atoms with Crippen molar-refractivity contribution in [1.82, 2.24) is 0 Å². The molecule has 0 spiro atoms. The molecule has 5 heteroatoms. The lowest BCUT2D eigenvalue weighted by Crippen LogP contribution is -2.02. The number of carbonyl (C=O) groups is 1. The van der Waals surface area contributed by atoms with Crippen molar-refractivity contribution in [3.8, 4) is 17.2 Å². The number of ether oxygens (including phenoxy) is 1. The number of fused-ring (bicyclic) bond motifs is 1. The Labute approximate surface area is 149 Å². The first-order valence-corrected chi connectivity index (χ1v) is 7.87. The highest BCUT2D eigenvalue weighted by atomic mass is 16.5. The average Bonchev–Trinajstić information content (AvgIpc) is 2.65. The molecule has 5 nitrogen and oxygen atoms in total. The number of rotatable bonds is 3. The summed E-state index contributed by atoms with van der Waals surface area (Å²) in [5.41, 5.74) is 3.10. The van der Waals surface area contributed by atoms with Crippen molar-refractivity contribution in [3.05, 3.63) is 75.7 Å². The molecule has 0 saturated heterocycles. The minimum absolute atomic E-state index is 0.135. The van der Waals surface area contributed by atoms with Crippen molar-refractivity contribution in [1.29, 1.82) is 5.26 Å². The highest BCUT2D eigenvalue weighted by Crippen LogP contribution is 2.30. The molecule has 1 aromatic heterocycles. The van der Waals surface area contributed by atoms with Crippen molar-refractivity contribution in [2.75, 3.05) is 7.11 Å². The zero-order valence-electron chi connectivity index (χ0n) is 14.3. The lowest BCUT2D eigenvalue weighted by atomic mass is 9.97.